The van der Waals surface area contributed by atoms with Crippen LogP contribution in [0.5, 0.6) is 0 Å². The number of benzene rings is 1. The SMILES string of the molecule is C#CCC(CC)Nc1cc(Cl)ccc1C(=O)O. The minimum absolute atomic E-state index is 0.0524. The molecule has 1 aromatic rings. The third-order valence-corrected chi connectivity index (χ3v) is 2.66. The summed E-state index contributed by atoms with van der Waals surface area (Å²) in [4.78, 5) is 11.0. The molecule has 0 fully saturated rings. The minimum Gasteiger partial charge on any atom is -0.478 e. The molecule has 0 aliphatic rings. The van der Waals surface area contributed by atoms with Crippen molar-refractivity contribution in [1.82, 2.24) is 0 Å². The summed E-state index contributed by atoms with van der Waals surface area (Å²) in [6.07, 6.45) is 6.61. The van der Waals surface area contributed by atoms with Crippen LogP contribution < -0.4 is 5.32 Å². The molecular weight excluding hydrogens is 238 g/mol. The van der Waals surface area contributed by atoms with Crippen molar-refractivity contribution in [3.8, 4) is 12.3 Å². The molecule has 0 saturated heterocycles. The lowest BCUT2D eigenvalue weighted by Crippen LogP contribution is -2.19. The lowest BCUT2D eigenvalue weighted by molar-refractivity contribution is 0.0698. The Morgan fingerprint density at radius 2 is 2.35 bits per heavy atom. The zero-order valence-corrected chi connectivity index (χ0v) is 10.3. The summed E-state index contributed by atoms with van der Waals surface area (Å²) < 4.78 is 0. The highest BCUT2D eigenvalue weighted by atomic mass is 35.5. The summed E-state index contributed by atoms with van der Waals surface area (Å²) in [6.45, 7) is 1.99. The highest BCUT2D eigenvalue weighted by Crippen LogP contribution is 2.22. The molecule has 0 spiro atoms. The Morgan fingerprint density at radius 1 is 1.65 bits per heavy atom. The van der Waals surface area contributed by atoms with Gasteiger partial charge in [0, 0.05) is 17.5 Å². The minimum atomic E-state index is -0.986. The monoisotopic (exact) mass is 251 g/mol. The maximum Gasteiger partial charge on any atom is 0.337 e. The number of terminal acetylenes is 1. The fourth-order valence-corrected chi connectivity index (χ4v) is 1.65. The van der Waals surface area contributed by atoms with Crippen LogP contribution >= 0.6 is 11.6 Å². The van der Waals surface area contributed by atoms with E-state index in [2.05, 4.69) is 11.2 Å². The largest absolute Gasteiger partial charge is 0.478 e. The first kappa shape index (κ1) is 13.4. The molecule has 1 aromatic carbocycles. The van der Waals surface area contributed by atoms with Gasteiger partial charge in [0.05, 0.1) is 11.3 Å². The van der Waals surface area contributed by atoms with Crippen LogP contribution in [0.4, 0.5) is 5.69 Å². The second kappa shape index (κ2) is 6.17. The molecule has 4 heteroatoms. The number of carbonyl (C=O) groups is 1. The van der Waals surface area contributed by atoms with Crippen LogP contribution in [0.15, 0.2) is 18.2 Å². The molecule has 90 valence electrons. The average molecular weight is 252 g/mol. The standard InChI is InChI=1S/C13H14ClNO2/c1-3-5-10(4-2)15-12-8-9(14)6-7-11(12)13(16)17/h1,6-8,10,15H,4-5H2,2H3,(H,16,17). The topological polar surface area (TPSA) is 49.3 Å². The highest BCUT2D eigenvalue weighted by Gasteiger charge is 2.13. The second-order valence-electron chi connectivity index (χ2n) is 3.65. The van der Waals surface area contributed by atoms with Crippen LogP contribution in [0.1, 0.15) is 30.1 Å². The van der Waals surface area contributed by atoms with E-state index < -0.39 is 5.97 Å². The molecule has 0 aliphatic carbocycles. The molecule has 0 heterocycles. The molecule has 2 N–H and O–H groups in total. The molecule has 1 atom stereocenters. The van der Waals surface area contributed by atoms with E-state index >= 15 is 0 Å². The van der Waals surface area contributed by atoms with Gasteiger partial charge in [-0.2, -0.15) is 0 Å². The highest BCUT2D eigenvalue weighted by molar-refractivity contribution is 6.31. The van der Waals surface area contributed by atoms with Crippen LogP contribution in [0.3, 0.4) is 0 Å². The molecule has 0 amide bonds. The first-order valence-electron chi connectivity index (χ1n) is 5.31. The van der Waals surface area contributed by atoms with Gasteiger partial charge in [0.1, 0.15) is 0 Å². The van der Waals surface area contributed by atoms with Crippen molar-refractivity contribution in [1.29, 1.82) is 0 Å². The molecule has 1 unspecified atom stereocenters. The normalized spacial score (nSPS) is 11.6. The molecule has 17 heavy (non-hydrogen) atoms. The Hall–Kier alpha value is -1.66. The number of nitrogens with one attached hydrogen (secondary N) is 1. The molecular formula is C13H14ClNO2. The quantitative estimate of drug-likeness (QED) is 0.790. The zero-order valence-electron chi connectivity index (χ0n) is 9.53. The van der Waals surface area contributed by atoms with Gasteiger partial charge in [-0.25, -0.2) is 4.79 Å². The van der Waals surface area contributed by atoms with Crippen LogP contribution in [-0.2, 0) is 0 Å². The Labute approximate surface area is 106 Å². The van der Waals surface area contributed by atoms with Gasteiger partial charge in [-0.1, -0.05) is 18.5 Å². The van der Waals surface area contributed by atoms with E-state index in [4.69, 9.17) is 23.1 Å². The summed E-state index contributed by atoms with van der Waals surface area (Å²) in [7, 11) is 0. The summed E-state index contributed by atoms with van der Waals surface area (Å²) in [5.41, 5.74) is 0.706. The summed E-state index contributed by atoms with van der Waals surface area (Å²) in [5, 5.41) is 12.7. The number of rotatable bonds is 5. The number of anilines is 1. The van der Waals surface area contributed by atoms with E-state index in [0.29, 0.717) is 17.1 Å². The summed E-state index contributed by atoms with van der Waals surface area (Å²) >= 11 is 5.85. The smallest absolute Gasteiger partial charge is 0.337 e. The molecule has 0 saturated carbocycles. The molecule has 0 aliphatic heterocycles. The number of aromatic carboxylic acids is 1. The van der Waals surface area contributed by atoms with E-state index in [9.17, 15) is 4.79 Å². The van der Waals surface area contributed by atoms with E-state index in [1.54, 1.807) is 12.1 Å². The van der Waals surface area contributed by atoms with Gasteiger partial charge in [0.15, 0.2) is 0 Å². The van der Waals surface area contributed by atoms with Gasteiger partial charge in [0.2, 0.25) is 0 Å². The average Bonchev–Trinajstić information content (AvgIpc) is 2.28. The molecule has 3 nitrogen and oxygen atoms in total. The molecule has 0 bridgehead atoms. The van der Waals surface area contributed by atoms with Gasteiger partial charge >= 0.3 is 5.97 Å². The summed E-state index contributed by atoms with van der Waals surface area (Å²) in [6, 6.07) is 4.69. The predicted molar refractivity (Wildman–Crippen MR) is 69.6 cm³/mol. The molecule has 0 aromatic heterocycles. The van der Waals surface area contributed by atoms with Gasteiger partial charge in [0.25, 0.3) is 0 Å². The number of halogens is 1. The summed E-state index contributed by atoms with van der Waals surface area (Å²) in [5.74, 6) is 1.57. The number of hydrogen-bond acceptors (Lipinski definition) is 2. The van der Waals surface area contributed by atoms with Crippen molar-refractivity contribution in [2.24, 2.45) is 0 Å². The van der Waals surface area contributed by atoms with Crippen molar-refractivity contribution in [2.45, 2.75) is 25.8 Å². The fraction of sp³-hybridized carbons (Fsp3) is 0.308. The van der Waals surface area contributed by atoms with E-state index in [1.807, 2.05) is 6.92 Å². The predicted octanol–water partition coefficient (Wildman–Crippen LogP) is 3.25. The van der Waals surface area contributed by atoms with Crippen LogP contribution in [-0.4, -0.2) is 17.1 Å². The molecule has 1 rings (SSSR count). The van der Waals surface area contributed by atoms with Gasteiger partial charge in [-0.15, -0.1) is 12.3 Å². The third kappa shape index (κ3) is 3.69. The van der Waals surface area contributed by atoms with Crippen molar-refractivity contribution in [2.75, 3.05) is 5.32 Å². The Bertz CT molecular complexity index is 451. The fourth-order valence-electron chi connectivity index (χ4n) is 1.48. The third-order valence-electron chi connectivity index (χ3n) is 2.43. The Kier molecular flexibility index (Phi) is 4.86. The number of carboxylic acids is 1. The van der Waals surface area contributed by atoms with E-state index in [1.165, 1.54) is 6.07 Å². The van der Waals surface area contributed by atoms with E-state index in [0.717, 1.165) is 6.42 Å². The second-order valence-corrected chi connectivity index (χ2v) is 4.09. The van der Waals surface area contributed by atoms with Crippen molar-refractivity contribution >= 4 is 23.3 Å². The van der Waals surface area contributed by atoms with Crippen LogP contribution in [0.25, 0.3) is 0 Å². The van der Waals surface area contributed by atoms with Crippen LogP contribution in [0, 0.1) is 12.3 Å². The van der Waals surface area contributed by atoms with Crippen LogP contribution in [0.2, 0.25) is 5.02 Å². The number of carboxylic acid groups (broad SMARTS) is 1. The Morgan fingerprint density at radius 3 is 2.88 bits per heavy atom. The van der Waals surface area contributed by atoms with Gasteiger partial charge < -0.3 is 10.4 Å². The maximum absolute atomic E-state index is 11.0. The van der Waals surface area contributed by atoms with Gasteiger partial charge in [-0.3, -0.25) is 0 Å². The first-order valence-corrected chi connectivity index (χ1v) is 5.69. The van der Waals surface area contributed by atoms with Crippen molar-refractivity contribution in [3.63, 3.8) is 0 Å². The van der Waals surface area contributed by atoms with Crippen molar-refractivity contribution in [3.05, 3.63) is 28.8 Å². The lowest BCUT2D eigenvalue weighted by atomic mass is 10.1. The van der Waals surface area contributed by atoms with Gasteiger partial charge in [-0.05, 0) is 24.6 Å². The molecule has 0 radical (unpaired) electrons. The lowest BCUT2D eigenvalue weighted by Gasteiger charge is -2.17. The Balaban J connectivity index is 2.99. The number of hydrogen-bond donors (Lipinski definition) is 2. The van der Waals surface area contributed by atoms with Crippen molar-refractivity contribution < 1.29 is 9.90 Å². The zero-order chi connectivity index (χ0) is 12.8. The first-order chi connectivity index (χ1) is 8.08. The maximum atomic E-state index is 11.0. The van der Waals surface area contributed by atoms with E-state index in [-0.39, 0.29) is 11.6 Å².